The Balaban J connectivity index is 1.38. The molecule has 24 heavy (non-hydrogen) atoms. The second kappa shape index (κ2) is 6.65. The molecule has 4 rings (SSSR count). The van der Waals surface area contributed by atoms with Crippen LogP contribution in [0.1, 0.15) is 18.5 Å². The van der Waals surface area contributed by atoms with Gasteiger partial charge in [-0.05, 0) is 37.1 Å². The van der Waals surface area contributed by atoms with Gasteiger partial charge in [0.25, 0.3) is 0 Å². The molecular weight excluding hydrogens is 296 g/mol. The van der Waals surface area contributed by atoms with Gasteiger partial charge < -0.3 is 9.88 Å². The van der Waals surface area contributed by atoms with Gasteiger partial charge in [-0.25, -0.2) is 0 Å². The summed E-state index contributed by atoms with van der Waals surface area (Å²) in [7, 11) is 2.11. The van der Waals surface area contributed by atoms with Gasteiger partial charge in [-0.1, -0.05) is 18.2 Å². The Morgan fingerprint density at radius 2 is 1.96 bits per heavy atom. The summed E-state index contributed by atoms with van der Waals surface area (Å²) in [6, 6.07) is 15.4. The van der Waals surface area contributed by atoms with Crippen molar-refractivity contribution in [3.05, 3.63) is 60.6 Å². The highest BCUT2D eigenvalue weighted by atomic mass is 15.1. The lowest BCUT2D eigenvalue weighted by atomic mass is 10.0. The molecule has 1 aliphatic rings. The Hall–Kier alpha value is -2.33. The first kappa shape index (κ1) is 15.2. The number of nitrogens with zero attached hydrogens (tertiary/aromatic N) is 3. The maximum atomic E-state index is 4.44. The summed E-state index contributed by atoms with van der Waals surface area (Å²) in [4.78, 5) is 6.94. The summed E-state index contributed by atoms with van der Waals surface area (Å²) < 4.78 is 2.20. The number of nitrogens with one attached hydrogen (secondary N) is 1. The lowest BCUT2D eigenvalue weighted by Crippen LogP contribution is -2.38. The van der Waals surface area contributed by atoms with Crippen LogP contribution in [0.15, 0.2) is 54.9 Å². The summed E-state index contributed by atoms with van der Waals surface area (Å²) >= 11 is 0. The molecule has 1 N–H and O–H groups in total. The molecule has 3 heterocycles. The van der Waals surface area contributed by atoms with Gasteiger partial charge in [0.15, 0.2) is 0 Å². The molecule has 3 aromatic rings. The molecular formula is C20H24N4. The standard InChI is InChI=1S/C20H24N4/c1-23-12-8-16-5-4-7-19(20(16)23)22-17-9-13-24(14-10-17)15-18-6-2-3-11-21-18/h2-8,11-12,17,22H,9-10,13-15H2,1H3. The van der Waals surface area contributed by atoms with E-state index in [1.54, 1.807) is 0 Å². The molecule has 0 bridgehead atoms. The fourth-order valence-corrected chi connectivity index (χ4v) is 3.65. The first-order chi connectivity index (χ1) is 11.8. The average Bonchev–Trinajstić information content (AvgIpc) is 3.00. The Morgan fingerprint density at radius 1 is 1.08 bits per heavy atom. The number of para-hydroxylation sites is 1. The third-order valence-corrected chi connectivity index (χ3v) is 4.96. The van der Waals surface area contributed by atoms with Gasteiger partial charge >= 0.3 is 0 Å². The van der Waals surface area contributed by atoms with Crippen molar-refractivity contribution in [3.63, 3.8) is 0 Å². The number of hydrogen-bond donors (Lipinski definition) is 1. The predicted octanol–water partition coefficient (Wildman–Crippen LogP) is 3.65. The van der Waals surface area contributed by atoms with E-state index in [-0.39, 0.29) is 0 Å². The first-order valence-corrected chi connectivity index (χ1v) is 8.72. The number of benzene rings is 1. The minimum absolute atomic E-state index is 0.547. The maximum Gasteiger partial charge on any atom is 0.0713 e. The average molecular weight is 320 g/mol. The van der Waals surface area contributed by atoms with Gasteiger partial charge in [-0.15, -0.1) is 0 Å². The van der Waals surface area contributed by atoms with E-state index in [0.29, 0.717) is 6.04 Å². The molecule has 4 heteroatoms. The van der Waals surface area contributed by atoms with E-state index in [1.165, 1.54) is 29.4 Å². The van der Waals surface area contributed by atoms with Crippen LogP contribution in [0.2, 0.25) is 0 Å². The molecule has 4 nitrogen and oxygen atoms in total. The number of piperidine rings is 1. The number of likely N-dealkylation sites (tertiary alicyclic amines) is 1. The van der Waals surface area contributed by atoms with E-state index >= 15 is 0 Å². The van der Waals surface area contributed by atoms with Gasteiger partial charge in [0, 0.05) is 50.5 Å². The number of anilines is 1. The van der Waals surface area contributed by atoms with Crippen molar-refractivity contribution < 1.29 is 0 Å². The third-order valence-electron chi connectivity index (χ3n) is 4.96. The number of aryl methyl sites for hydroxylation is 1. The van der Waals surface area contributed by atoms with Crippen LogP contribution in [0.4, 0.5) is 5.69 Å². The highest BCUT2D eigenvalue weighted by Gasteiger charge is 2.20. The van der Waals surface area contributed by atoms with Gasteiger partial charge in [0.05, 0.1) is 16.9 Å². The van der Waals surface area contributed by atoms with Crippen molar-refractivity contribution in [2.45, 2.75) is 25.4 Å². The minimum Gasteiger partial charge on any atom is -0.381 e. The molecule has 124 valence electrons. The molecule has 1 saturated heterocycles. The van der Waals surface area contributed by atoms with Crippen LogP contribution >= 0.6 is 0 Å². The van der Waals surface area contributed by atoms with E-state index < -0.39 is 0 Å². The Labute approximate surface area is 143 Å². The van der Waals surface area contributed by atoms with Crippen molar-refractivity contribution >= 4 is 16.6 Å². The number of fused-ring (bicyclic) bond motifs is 1. The molecule has 0 unspecified atom stereocenters. The lowest BCUT2D eigenvalue weighted by molar-refractivity contribution is 0.209. The first-order valence-electron chi connectivity index (χ1n) is 8.72. The molecule has 1 aromatic carbocycles. The van der Waals surface area contributed by atoms with Crippen molar-refractivity contribution in [1.29, 1.82) is 0 Å². The van der Waals surface area contributed by atoms with Crippen molar-refractivity contribution in [3.8, 4) is 0 Å². The smallest absolute Gasteiger partial charge is 0.0713 e. The highest BCUT2D eigenvalue weighted by Crippen LogP contribution is 2.26. The van der Waals surface area contributed by atoms with Crippen molar-refractivity contribution in [1.82, 2.24) is 14.5 Å². The Morgan fingerprint density at radius 3 is 2.75 bits per heavy atom. The highest BCUT2D eigenvalue weighted by molar-refractivity contribution is 5.91. The molecule has 2 aromatic heterocycles. The van der Waals surface area contributed by atoms with E-state index in [4.69, 9.17) is 0 Å². The minimum atomic E-state index is 0.547. The molecule has 0 saturated carbocycles. The molecule has 0 atom stereocenters. The third kappa shape index (κ3) is 3.15. The number of aromatic nitrogens is 2. The number of pyridine rings is 1. The summed E-state index contributed by atoms with van der Waals surface area (Å²) in [5, 5.41) is 5.07. The van der Waals surface area contributed by atoms with E-state index in [2.05, 4.69) is 69.4 Å². The summed E-state index contributed by atoms with van der Waals surface area (Å²) in [5.74, 6) is 0. The molecule has 1 fully saturated rings. The Bertz CT molecular complexity index is 801. The Kier molecular flexibility index (Phi) is 4.22. The second-order valence-corrected chi connectivity index (χ2v) is 6.69. The second-order valence-electron chi connectivity index (χ2n) is 6.69. The molecule has 0 radical (unpaired) electrons. The fraction of sp³-hybridized carbons (Fsp3) is 0.350. The molecule has 0 aliphatic carbocycles. The van der Waals surface area contributed by atoms with Gasteiger partial charge in [-0.3, -0.25) is 9.88 Å². The van der Waals surface area contributed by atoms with Crippen molar-refractivity contribution in [2.24, 2.45) is 7.05 Å². The normalized spacial score (nSPS) is 16.5. The SMILES string of the molecule is Cn1ccc2cccc(NC3CCN(Cc4ccccn4)CC3)c21. The summed E-state index contributed by atoms with van der Waals surface area (Å²) in [6.07, 6.45) is 6.36. The zero-order chi connectivity index (χ0) is 16.4. The zero-order valence-electron chi connectivity index (χ0n) is 14.2. The molecule has 0 spiro atoms. The van der Waals surface area contributed by atoms with Crippen LogP contribution in [0, 0.1) is 0 Å². The van der Waals surface area contributed by atoms with E-state index in [1.807, 2.05) is 12.3 Å². The monoisotopic (exact) mass is 320 g/mol. The summed E-state index contributed by atoms with van der Waals surface area (Å²) in [6.45, 7) is 3.20. The number of hydrogen-bond acceptors (Lipinski definition) is 3. The van der Waals surface area contributed by atoms with Gasteiger partial charge in [0.1, 0.15) is 0 Å². The number of rotatable bonds is 4. The van der Waals surface area contributed by atoms with Crippen LogP contribution in [0.3, 0.4) is 0 Å². The van der Waals surface area contributed by atoms with E-state index in [0.717, 1.165) is 25.3 Å². The topological polar surface area (TPSA) is 33.1 Å². The fourth-order valence-electron chi connectivity index (χ4n) is 3.65. The quantitative estimate of drug-likeness (QED) is 0.796. The van der Waals surface area contributed by atoms with Gasteiger partial charge in [-0.2, -0.15) is 0 Å². The molecule has 0 amide bonds. The largest absolute Gasteiger partial charge is 0.381 e. The molecule has 1 aliphatic heterocycles. The van der Waals surface area contributed by atoms with Crippen LogP contribution in [0.5, 0.6) is 0 Å². The van der Waals surface area contributed by atoms with E-state index in [9.17, 15) is 0 Å². The van der Waals surface area contributed by atoms with Crippen LogP contribution < -0.4 is 5.32 Å². The van der Waals surface area contributed by atoms with Crippen molar-refractivity contribution in [2.75, 3.05) is 18.4 Å². The van der Waals surface area contributed by atoms with Gasteiger partial charge in [0.2, 0.25) is 0 Å². The van der Waals surface area contributed by atoms with Crippen LogP contribution in [-0.4, -0.2) is 33.6 Å². The maximum absolute atomic E-state index is 4.44. The predicted molar refractivity (Wildman–Crippen MR) is 99.1 cm³/mol. The van der Waals surface area contributed by atoms with Crippen LogP contribution in [-0.2, 0) is 13.6 Å². The summed E-state index contributed by atoms with van der Waals surface area (Å²) in [5.41, 5.74) is 3.72. The zero-order valence-corrected chi connectivity index (χ0v) is 14.2. The lowest BCUT2D eigenvalue weighted by Gasteiger charge is -2.32. The van der Waals surface area contributed by atoms with Crippen LogP contribution in [0.25, 0.3) is 10.9 Å².